The highest BCUT2D eigenvalue weighted by molar-refractivity contribution is 14.1. The number of rotatable bonds is 16. The van der Waals surface area contributed by atoms with E-state index in [-0.39, 0.29) is 10.0 Å². The zero-order chi connectivity index (χ0) is 15.8. The standard InChI is InChI=1S/C14H27Cl2IO4/c1-2-3-4-18-5-6-19-7-8-20-9-10-21-14(12-16)13(17)11-15/h13-14H,2-12H2,1H3. The molecule has 0 aromatic carbocycles. The molecule has 0 aliphatic heterocycles. The van der Waals surface area contributed by atoms with Crippen molar-refractivity contribution < 1.29 is 18.9 Å². The number of ether oxygens (including phenoxy) is 4. The van der Waals surface area contributed by atoms with Crippen molar-refractivity contribution in [1.29, 1.82) is 0 Å². The third-order valence-corrected chi connectivity index (χ3v) is 5.05. The summed E-state index contributed by atoms with van der Waals surface area (Å²) >= 11 is 13.8. The van der Waals surface area contributed by atoms with Crippen molar-refractivity contribution in [1.82, 2.24) is 0 Å². The van der Waals surface area contributed by atoms with Gasteiger partial charge in [-0.1, -0.05) is 35.9 Å². The van der Waals surface area contributed by atoms with E-state index in [1.807, 2.05) is 0 Å². The van der Waals surface area contributed by atoms with E-state index in [2.05, 4.69) is 29.5 Å². The van der Waals surface area contributed by atoms with Gasteiger partial charge >= 0.3 is 0 Å². The van der Waals surface area contributed by atoms with Crippen molar-refractivity contribution in [3.05, 3.63) is 0 Å². The molecular weight excluding hydrogens is 430 g/mol. The van der Waals surface area contributed by atoms with Crippen LogP contribution in [0.15, 0.2) is 0 Å². The Morgan fingerprint density at radius 1 is 0.810 bits per heavy atom. The summed E-state index contributed by atoms with van der Waals surface area (Å²) in [6.07, 6.45) is 2.24. The smallest absolute Gasteiger partial charge is 0.0840 e. The first-order chi connectivity index (χ1) is 10.3. The Balaban J connectivity index is 3.21. The van der Waals surface area contributed by atoms with Crippen molar-refractivity contribution >= 4 is 45.8 Å². The summed E-state index contributed by atoms with van der Waals surface area (Å²) in [4.78, 5) is 0. The number of hydrogen-bond acceptors (Lipinski definition) is 4. The van der Waals surface area contributed by atoms with Gasteiger partial charge in [-0.3, -0.25) is 0 Å². The van der Waals surface area contributed by atoms with E-state index in [0.717, 1.165) is 19.4 Å². The highest BCUT2D eigenvalue weighted by Gasteiger charge is 2.17. The number of alkyl halides is 3. The maximum absolute atomic E-state index is 5.82. The van der Waals surface area contributed by atoms with Crippen LogP contribution in [0.4, 0.5) is 0 Å². The van der Waals surface area contributed by atoms with E-state index >= 15 is 0 Å². The Hall–Kier alpha value is 1.15. The normalized spacial score (nSPS) is 14.3. The molecular formula is C14H27Cl2IO4. The van der Waals surface area contributed by atoms with Gasteiger partial charge in [0, 0.05) is 18.4 Å². The van der Waals surface area contributed by atoms with Gasteiger partial charge in [-0.05, 0) is 6.42 Å². The predicted molar refractivity (Wildman–Crippen MR) is 96.4 cm³/mol. The molecule has 0 saturated carbocycles. The number of halogens is 3. The molecule has 4 nitrogen and oxygen atoms in total. The molecule has 0 amide bonds. The van der Waals surface area contributed by atoms with Crippen LogP contribution in [0.1, 0.15) is 19.8 Å². The van der Waals surface area contributed by atoms with E-state index in [1.165, 1.54) is 0 Å². The molecule has 21 heavy (non-hydrogen) atoms. The molecule has 0 bridgehead atoms. The maximum Gasteiger partial charge on any atom is 0.0840 e. The van der Waals surface area contributed by atoms with Crippen LogP contribution in [-0.2, 0) is 18.9 Å². The van der Waals surface area contributed by atoms with E-state index < -0.39 is 0 Å². The second-order valence-corrected chi connectivity index (χ2v) is 6.64. The first-order valence-electron chi connectivity index (χ1n) is 7.37. The lowest BCUT2D eigenvalue weighted by molar-refractivity contribution is -0.0131. The molecule has 2 atom stereocenters. The van der Waals surface area contributed by atoms with Gasteiger partial charge in [0.2, 0.25) is 0 Å². The molecule has 0 aliphatic carbocycles. The third kappa shape index (κ3) is 14.5. The molecule has 0 saturated heterocycles. The van der Waals surface area contributed by atoms with Gasteiger partial charge in [-0.15, -0.1) is 23.2 Å². The lowest BCUT2D eigenvalue weighted by Gasteiger charge is -2.19. The summed E-state index contributed by atoms with van der Waals surface area (Å²) in [6, 6.07) is 0. The Kier molecular flexibility index (Phi) is 18.5. The largest absolute Gasteiger partial charge is 0.379 e. The van der Waals surface area contributed by atoms with Gasteiger partial charge in [-0.2, -0.15) is 0 Å². The minimum Gasteiger partial charge on any atom is -0.379 e. The topological polar surface area (TPSA) is 36.9 Å². The molecule has 7 heteroatoms. The number of hydrogen-bond donors (Lipinski definition) is 0. The average Bonchev–Trinajstić information content (AvgIpc) is 2.51. The second kappa shape index (κ2) is 17.5. The Morgan fingerprint density at radius 3 is 1.81 bits per heavy atom. The van der Waals surface area contributed by atoms with Crippen LogP contribution in [0.3, 0.4) is 0 Å². The van der Waals surface area contributed by atoms with Gasteiger partial charge in [0.05, 0.1) is 49.7 Å². The predicted octanol–water partition coefficient (Wildman–Crippen LogP) is 3.50. The van der Waals surface area contributed by atoms with E-state index in [0.29, 0.717) is 51.4 Å². The molecule has 0 spiro atoms. The molecule has 0 fully saturated rings. The van der Waals surface area contributed by atoms with Crippen LogP contribution in [0, 0.1) is 0 Å². The highest BCUT2D eigenvalue weighted by Crippen LogP contribution is 2.13. The van der Waals surface area contributed by atoms with E-state index in [1.54, 1.807) is 0 Å². The number of unbranched alkanes of at least 4 members (excludes halogenated alkanes) is 1. The minimum absolute atomic E-state index is 0.0233. The molecule has 0 radical (unpaired) electrons. The molecule has 0 N–H and O–H groups in total. The van der Waals surface area contributed by atoms with Crippen LogP contribution in [0.25, 0.3) is 0 Å². The second-order valence-electron chi connectivity index (χ2n) is 4.42. The molecule has 2 unspecified atom stereocenters. The summed E-state index contributed by atoms with van der Waals surface area (Å²) in [5.74, 6) is 0.981. The van der Waals surface area contributed by atoms with Crippen LogP contribution in [0.5, 0.6) is 0 Å². The summed E-state index contributed by atoms with van der Waals surface area (Å²) in [7, 11) is 0. The van der Waals surface area contributed by atoms with E-state index in [4.69, 9.17) is 42.1 Å². The Labute approximate surface area is 152 Å². The summed E-state index contributed by atoms with van der Waals surface area (Å²) in [5, 5.41) is 0. The molecule has 0 heterocycles. The van der Waals surface area contributed by atoms with Crippen LogP contribution in [0.2, 0.25) is 0 Å². The first kappa shape index (κ1) is 22.1. The molecule has 0 rings (SSSR count). The van der Waals surface area contributed by atoms with Crippen LogP contribution in [-0.4, -0.2) is 68.0 Å². The highest BCUT2D eigenvalue weighted by atomic mass is 127. The Morgan fingerprint density at radius 2 is 1.33 bits per heavy atom. The summed E-state index contributed by atoms with van der Waals surface area (Å²) < 4.78 is 22.0. The fraction of sp³-hybridized carbons (Fsp3) is 1.00. The van der Waals surface area contributed by atoms with Gasteiger partial charge in [0.25, 0.3) is 0 Å². The van der Waals surface area contributed by atoms with Gasteiger partial charge < -0.3 is 18.9 Å². The van der Waals surface area contributed by atoms with Crippen molar-refractivity contribution in [3.63, 3.8) is 0 Å². The maximum atomic E-state index is 5.82. The van der Waals surface area contributed by atoms with Crippen LogP contribution >= 0.6 is 45.8 Å². The summed E-state index contributed by atoms with van der Waals surface area (Å²) in [6.45, 7) is 6.42. The molecule has 0 aromatic heterocycles. The fourth-order valence-corrected chi connectivity index (χ4v) is 2.66. The van der Waals surface area contributed by atoms with Gasteiger partial charge in [-0.25, -0.2) is 0 Å². The van der Waals surface area contributed by atoms with Crippen LogP contribution < -0.4 is 0 Å². The van der Waals surface area contributed by atoms with Gasteiger partial charge in [0.15, 0.2) is 0 Å². The van der Waals surface area contributed by atoms with Crippen molar-refractivity contribution in [3.8, 4) is 0 Å². The van der Waals surface area contributed by atoms with Crippen molar-refractivity contribution in [2.24, 2.45) is 0 Å². The first-order valence-corrected chi connectivity index (χ1v) is 9.68. The van der Waals surface area contributed by atoms with Crippen molar-refractivity contribution in [2.45, 2.75) is 29.8 Å². The average molecular weight is 457 g/mol. The quantitative estimate of drug-likeness (QED) is 0.202. The fourth-order valence-electron chi connectivity index (χ4n) is 1.39. The third-order valence-electron chi connectivity index (χ3n) is 2.65. The molecule has 0 aromatic rings. The lowest BCUT2D eigenvalue weighted by atomic mass is 10.3. The zero-order valence-electron chi connectivity index (χ0n) is 12.7. The van der Waals surface area contributed by atoms with Crippen molar-refractivity contribution in [2.75, 3.05) is 58.0 Å². The van der Waals surface area contributed by atoms with E-state index in [9.17, 15) is 0 Å². The molecule has 0 aliphatic rings. The monoisotopic (exact) mass is 456 g/mol. The molecule has 128 valence electrons. The summed E-state index contributed by atoms with van der Waals surface area (Å²) in [5.41, 5.74) is 0. The SMILES string of the molecule is CCCCOCCOCCOCCOC(CCl)C(I)CCl. The Bertz CT molecular complexity index is 213. The lowest BCUT2D eigenvalue weighted by Crippen LogP contribution is -2.29. The zero-order valence-corrected chi connectivity index (χ0v) is 16.4. The van der Waals surface area contributed by atoms with Gasteiger partial charge in [0.1, 0.15) is 0 Å². The minimum atomic E-state index is -0.0233.